The number of thiazole rings is 1. The predicted molar refractivity (Wildman–Crippen MR) is 95.6 cm³/mol. The highest BCUT2D eigenvalue weighted by Gasteiger charge is 2.33. The summed E-state index contributed by atoms with van der Waals surface area (Å²) < 4.78 is 15.4. The Labute approximate surface area is 143 Å². The summed E-state index contributed by atoms with van der Waals surface area (Å²) in [6, 6.07) is 7.23. The molecule has 2 aromatic rings. The smallest absolute Gasteiger partial charge is 0.180 e. The van der Waals surface area contributed by atoms with E-state index in [2.05, 4.69) is 9.71 Å². The lowest BCUT2D eigenvalue weighted by molar-refractivity contribution is 0.536. The number of nitrogens with one attached hydrogen (secondary N) is 1. The van der Waals surface area contributed by atoms with Crippen molar-refractivity contribution in [2.75, 3.05) is 5.73 Å². The van der Waals surface area contributed by atoms with Crippen LogP contribution in [0.15, 0.2) is 24.3 Å². The summed E-state index contributed by atoms with van der Waals surface area (Å²) in [5.41, 5.74) is 7.51. The molecule has 2 rings (SSSR count). The van der Waals surface area contributed by atoms with Crippen molar-refractivity contribution in [1.29, 1.82) is 0 Å². The number of rotatable bonds is 4. The third-order valence-electron chi connectivity index (χ3n) is 3.11. The van der Waals surface area contributed by atoms with E-state index in [1.54, 1.807) is 0 Å². The molecule has 0 aliphatic rings. The van der Waals surface area contributed by atoms with Crippen LogP contribution in [-0.2, 0) is 11.4 Å². The van der Waals surface area contributed by atoms with Crippen molar-refractivity contribution in [2.24, 2.45) is 0 Å². The van der Waals surface area contributed by atoms with Crippen LogP contribution < -0.4 is 10.5 Å². The second kappa shape index (κ2) is 6.76. The summed E-state index contributed by atoms with van der Waals surface area (Å²) >= 11 is 6.48. The number of anilines is 1. The van der Waals surface area contributed by atoms with Crippen molar-refractivity contribution in [2.45, 2.75) is 38.5 Å². The first-order valence-electron chi connectivity index (χ1n) is 6.85. The normalized spacial score (nSPS) is 14.8. The Bertz CT molecular complexity index is 654. The molecule has 0 bridgehead atoms. The van der Waals surface area contributed by atoms with Gasteiger partial charge in [-0.25, -0.2) is 4.98 Å². The van der Waals surface area contributed by atoms with Gasteiger partial charge in [-0.1, -0.05) is 41.1 Å². The fourth-order valence-electron chi connectivity index (χ4n) is 1.95. The Morgan fingerprint density at radius 1 is 1.36 bits per heavy atom. The monoisotopic (exact) mass is 357 g/mol. The number of nitrogens with two attached hydrogens (primary N) is 1. The summed E-state index contributed by atoms with van der Waals surface area (Å²) in [5.74, 6) is 0. The molecule has 2 unspecified atom stereocenters. The molecular weight excluding hydrogens is 338 g/mol. The maximum atomic E-state index is 12.6. The van der Waals surface area contributed by atoms with Crippen LogP contribution >= 0.6 is 22.9 Å². The quantitative estimate of drug-likeness (QED) is 0.815. The van der Waals surface area contributed by atoms with Crippen molar-refractivity contribution in [3.8, 4) is 0 Å². The first kappa shape index (κ1) is 17.6. The molecule has 2 atom stereocenters. The van der Waals surface area contributed by atoms with Gasteiger partial charge in [0.25, 0.3) is 0 Å². The number of halogens is 1. The average molecular weight is 358 g/mol. The molecule has 7 heteroatoms. The van der Waals surface area contributed by atoms with Crippen LogP contribution in [0.25, 0.3) is 0 Å². The molecule has 1 aromatic heterocycles. The fourth-order valence-corrected chi connectivity index (χ4v) is 3.99. The second-order valence-corrected chi connectivity index (χ2v) is 9.42. The summed E-state index contributed by atoms with van der Waals surface area (Å²) in [7, 11) is 0. The van der Waals surface area contributed by atoms with Crippen LogP contribution in [0.1, 0.15) is 42.9 Å². The fraction of sp³-hybridized carbons (Fsp3) is 0.400. The molecule has 0 fully saturated rings. The SMILES string of the molecule is Cc1nc(N)sc1C(N[S+]([O-])C(C)(C)C)c1ccccc1Cl. The summed E-state index contributed by atoms with van der Waals surface area (Å²) in [4.78, 5) is 5.20. The molecule has 0 saturated heterocycles. The molecule has 0 saturated carbocycles. The highest BCUT2D eigenvalue weighted by molar-refractivity contribution is 7.90. The van der Waals surface area contributed by atoms with Gasteiger partial charge < -0.3 is 10.3 Å². The van der Waals surface area contributed by atoms with Gasteiger partial charge in [-0.2, -0.15) is 0 Å². The van der Waals surface area contributed by atoms with E-state index in [9.17, 15) is 4.55 Å². The molecule has 0 aliphatic carbocycles. The van der Waals surface area contributed by atoms with E-state index in [-0.39, 0.29) is 10.8 Å². The highest BCUT2D eigenvalue weighted by Crippen LogP contribution is 2.35. The van der Waals surface area contributed by atoms with E-state index in [0.29, 0.717) is 10.2 Å². The van der Waals surface area contributed by atoms with E-state index in [1.165, 1.54) is 11.3 Å². The lowest BCUT2D eigenvalue weighted by atomic mass is 10.1. The number of nitrogen functional groups attached to an aromatic ring is 1. The number of hydrogen-bond donors (Lipinski definition) is 2. The van der Waals surface area contributed by atoms with Gasteiger partial charge >= 0.3 is 0 Å². The zero-order valence-corrected chi connectivity index (χ0v) is 15.4. The van der Waals surface area contributed by atoms with Gasteiger partial charge in [0, 0.05) is 16.4 Å². The minimum atomic E-state index is -1.25. The molecule has 120 valence electrons. The van der Waals surface area contributed by atoms with Gasteiger partial charge in [0.2, 0.25) is 0 Å². The molecule has 0 spiro atoms. The van der Waals surface area contributed by atoms with Crippen molar-refractivity contribution in [3.63, 3.8) is 0 Å². The van der Waals surface area contributed by atoms with E-state index in [0.717, 1.165) is 16.1 Å². The van der Waals surface area contributed by atoms with Crippen molar-refractivity contribution < 1.29 is 4.55 Å². The minimum Gasteiger partial charge on any atom is -0.598 e. The van der Waals surface area contributed by atoms with Crippen molar-refractivity contribution in [3.05, 3.63) is 45.4 Å². The first-order chi connectivity index (χ1) is 10.2. The lowest BCUT2D eigenvalue weighted by Gasteiger charge is -2.28. The minimum absolute atomic E-state index is 0.302. The Kier molecular flexibility index (Phi) is 5.40. The maximum absolute atomic E-state index is 12.6. The second-order valence-electron chi connectivity index (χ2n) is 5.96. The van der Waals surface area contributed by atoms with Crippen LogP contribution in [0.5, 0.6) is 0 Å². The van der Waals surface area contributed by atoms with Crippen LogP contribution in [-0.4, -0.2) is 14.3 Å². The molecule has 1 heterocycles. The van der Waals surface area contributed by atoms with Crippen LogP contribution in [0.3, 0.4) is 0 Å². The zero-order chi connectivity index (χ0) is 16.5. The number of aromatic nitrogens is 1. The summed E-state index contributed by atoms with van der Waals surface area (Å²) in [6.07, 6.45) is 0. The van der Waals surface area contributed by atoms with Crippen molar-refractivity contribution in [1.82, 2.24) is 9.71 Å². The molecular formula is C15H20ClN3OS2. The Morgan fingerprint density at radius 2 is 2.00 bits per heavy atom. The molecule has 3 N–H and O–H groups in total. The molecule has 4 nitrogen and oxygen atoms in total. The predicted octanol–water partition coefficient (Wildman–Crippen LogP) is 3.83. The third kappa shape index (κ3) is 3.94. The van der Waals surface area contributed by atoms with Gasteiger partial charge in [0.05, 0.1) is 10.6 Å². The zero-order valence-electron chi connectivity index (χ0n) is 13.0. The van der Waals surface area contributed by atoms with E-state index < -0.39 is 11.4 Å². The van der Waals surface area contributed by atoms with E-state index >= 15 is 0 Å². The molecule has 0 aliphatic heterocycles. The van der Waals surface area contributed by atoms with Gasteiger partial charge in [-0.15, -0.1) is 4.72 Å². The summed E-state index contributed by atoms with van der Waals surface area (Å²) in [5, 5.41) is 1.12. The van der Waals surface area contributed by atoms with Crippen molar-refractivity contribution >= 4 is 39.4 Å². The van der Waals surface area contributed by atoms with Gasteiger partial charge in [0.15, 0.2) is 5.13 Å². The topological polar surface area (TPSA) is 74.0 Å². The Hall–Kier alpha value is -0.790. The molecule has 1 aromatic carbocycles. The highest BCUT2D eigenvalue weighted by atomic mass is 35.5. The molecule has 0 amide bonds. The van der Waals surface area contributed by atoms with Gasteiger partial charge in [0.1, 0.15) is 10.8 Å². The van der Waals surface area contributed by atoms with Crippen LogP contribution in [0.2, 0.25) is 5.02 Å². The number of benzene rings is 1. The molecule has 0 radical (unpaired) electrons. The Morgan fingerprint density at radius 3 is 2.50 bits per heavy atom. The largest absolute Gasteiger partial charge is 0.598 e. The van der Waals surface area contributed by atoms with Crippen LogP contribution in [0.4, 0.5) is 5.13 Å². The summed E-state index contributed by atoms with van der Waals surface area (Å²) in [6.45, 7) is 7.67. The number of nitrogens with zero attached hydrogens (tertiary/aromatic N) is 1. The lowest BCUT2D eigenvalue weighted by Crippen LogP contribution is -2.41. The average Bonchev–Trinajstić information content (AvgIpc) is 2.74. The van der Waals surface area contributed by atoms with E-state index in [1.807, 2.05) is 52.0 Å². The van der Waals surface area contributed by atoms with Crippen LogP contribution in [0, 0.1) is 6.92 Å². The van der Waals surface area contributed by atoms with Gasteiger partial charge in [-0.3, -0.25) is 0 Å². The standard InChI is InChI=1S/C15H20ClN3OS2/c1-9-13(21-14(17)18-9)12(19-22(20)15(2,3)4)10-7-5-6-8-11(10)16/h5-8,12,19H,1-4H3,(H2,17,18). The molecule has 22 heavy (non-hydrogen) atoms. The number of hydrogen-bond acceptors (Lipinski definition) is 5. The maximum Gasteiger partial charge on any atom is 0.180 e. The van der Waals surface area contributed by atoms with Gasteiger partial charge in [-0.05, 0) is 39.3 Å². The first-order valence-corrected chi connectivity index (χ1v) is 9.20. The number of aryl methyl sites for hydroxylation is 1. The Balaban J connectivity index is 2.46. The third-order valence-corrected chi connectivity index (χ3v) is 6.07. The van der Waals surface area contributed by atoms with E-state index in [4.69, 9.17) is 17.3 Å².